The van der Waals surface area contributed by atoms with Gasteiger partial charge < -0.3 is 5.11 Å². The first-order valence-electron chi connectivity index (χ1n) is 8.72. The molecule has 26 heavy (non-hydrogen) atoms. The summed E-state index contributed by atoms with van der Waals surface area (Å²) in [6.45, 7) is 4.43. The summed E-state index contributed by atoms with van der Waals surface area (Å²) in [7, 11) is 0.0358. The van der Waals surface area contributed by atoms with E-state index >= 15 is 0 Å². The highest BCUT2D eigenvalue weighted by molar-refractivity contribution is 7.84. The second-order valence-corrected chi connectivity index (χ2v) is 8.46. The van der Waals surface area contributed by atoms with Crippen molar-refractivity contribution in [1.82, 2.24) is 0 Å². The Morgan fingerprint density at radius 3 is 2.00 bits per heavy atom. The molecule has 0 amide bonds. The van der Waals surface area contributed by atoms with Crippen molar-refractivity contribution in [3.8, 4) is 0 Å². The van der Waals surface area contributed by atoms with E-state index in [0.29, 0.717) is 5.41 Å². The van der Waals surface area contributed by atoms with Gasteiger partial charge in [-0.1, -0.05) is 31.2 Å². The predicted octanol–water partition coefficient (Wildman–Crippen LogP) is 5.29. The fourth-order valence-corrected chi connectivity index (χ4v) is 3.51. The Balaban J connectivity index is 0.00000117. The van der Waals surface area contributed by atoms with E-state index in [-0.39, 0.29) is 5.82 Å². The highest BCUT2D eigenvalue weighted by Crippen LogP contribution is 2.52. The highest BCUT2D eigenvalue weighted by atomic mass is 32.2. The molecule has 3 rings (SSSR count). The summed E-state index contributed by atoms with van der Waals surface area (Å²) < 4.78 is 24.8. The lowest BCUT2D eigenvalue weighted by Crippen LogP contribution is -1.99. The zero-order chi connectivity index (χ0) is 19.3. The summed E-state index contributed by atoms with van der Waals surface area (Å²) in [6, 6.07) is 14.7. The van der Waals surface area contributed by atoms with Crippen LogP contribution in [0.2, 0.25) is 0 Å². The summed E-state index contributed by atoms with van der Waals surface area (Å²) in [5.74, 6) is -0.211. The van der Waals surface area contributed by atoms with E-state index in [1.807, 2.05) is 24.3 Å². The van der Waals surface area contributed by atoms with Crippen LogP contribution in [0.1, 0.15) is 44.2 Å². The molecule has 0 spiro atoms. The zero-order valence-corrected chi connectivity index (χ0v) is 16.7. The van der Waals surface area contributed by atoms with E-state index in [9.17, 15) is 8.60 Å². The van der Waals surface area contributed by atoms with Gasteiger partial charge in [0.1, 0.15) is 5.82 Å². The average Bonchev–Trinajstić information content (AvgIpc) is 3.39. The number of aliphatic hydroxyl groups excluding tert-OH is 1. The van der Waals surface area contributed by atoms with Crippen molar-refractivity contribution in [2.45, 2.75) is 38.0 Å². The fourth-order valence-electron chi connectivity index (χ4n) is 2.99. The smallest absolute Gasteiger partial charge is 0.123 e. The summed E-state index contributed by atoms with van der Waals surface area (Å²) in [4.78, 5) is 0.843. The van der Waals surface area contributed by atoms with Crippen LogP contribution < -0.4 is 0 Å². The standard InChI is InChI=1S/C21H23FOS.CH4O/c1-15(16-4-8-18(22)9-5-16)20(14-21(2)12-13-21)17-6-10-19(11-7-17)24(3)23;1-2/h4-11H,12-14H2,1-3H3;2H,1H3/b20-15-;. The van der Waals surface area contributed by atoms with E-state index < -0.39 is 10.8 Å². The molecule has 1 fully saturated rings. The van der Waals surface area contributed by atoms with Gasteiger partial charge in [-0.3, -0.25) is 4.21 Å². The van der Waals surface area contributed by atoms with Crippen molar-refractivity contribution in [3.63, 3.8) is 0 Å². The zero-order valence-electron chi connectivity index (χ0n) is 15.9. The van der Waals surface area contributed by atoms with Gasteiger partial charge in [0.05, 0.1) is 0 Å². The molecule has 1 aliphatic rings. The number of aliphatic hydroxyl groups is 1. The fraction of sp³-hybridized carbons (Fsp3) is 0.364. The first-order valence-corrected chi connectivity index (χ1v) is 10.3. The number of halogens is 1. The quantitative estimate of drug-likeness (QED) is 0.722. The van der Waals surface area contributed by atoms with Crippen molar-refractivity contribution in [1.29, 1.82) is 0 Å². The molecule has 0 aliphatic heterocycles. The topological polar surface area (TPSA) is 37.3 Å². The Morgan fingerprint density at radius 1 is 1.04 bits per heavy atom. The maximum absolute atomic E-state index is 13.2. The van der Waals surface area contributed by atoms with Crippen LogP contribution in [0.3, 0.4) is 0 Å². The van der Waals surface area contributed by atoms with Gasteiger partial charge in [0.15, 0.2) is 0 Å². The largest absolute Gasteiger partial charge is 0.400 e. The van der Waals surface area contributed by atoms with Crippen molar-refractivity contribution >= 4 is 21.9 Å². The van der Waals surface area contributed by atoms with Gasteiger partial charge >= 0.3 is 0 Å². The Hall–Kier alpha value is -1.78. The number of hydrogen-bond acceptors (Lipinski definition) is 2. The SMILES string of the molecule is C/C(=C(\CC1(C)CC1)c1ccc(S(C)=O)cc1)c1ccc(F)cc1.CO. The summed E-state index contributed by atoms with van der Waals surface area (Å²) in [6.07, 6.45) is 5.22. The molecular weight excluding hydrogens is 347 g/mol. The van der Waals surface area contributed by atoms with Gasteiger partial charge in [-0.05, 0) is 78.1 Å². The monoisotopic (exact) mass is 374 g/mol. The third-order valence-corrected chi connectivity index (χ3v) is 5.91. The molecule has 0 saturated heterocycles. The molecule has 1 unspecified atom stereocenters. The van der Waals surface area contributed by atoms with E-state index in [0.717, 1.165) is 24.0 Å². The van der Waals surface area contributed by atoms with E-state index in [1.165, 1.54) is 41.7 Å². The lowest BCUT2D eigenvalue weighted by Gasteiger charge is -2.17. The summed E-state index contributed by atoms with van der Waals surface area (Å²) in [5, 5.41) is 7.00. The van der Waals surface area contributed by atoms with Crippen LogP contribution in [0.5, 0.6) is 0 Å². The Morgan fingerprint density at radius 2 is 1.54 bits per heavy atom. The molecule has 140 valence electrons. The van der Waals surface area contributed by atoms with Gasteiger partial charge in [0.2, 0.25) is 0 Å². The number of benzene rings is 2. The second kappa shape index (κ2) is 8.74. The molecule has 1 atom stereocenters. The maximum Gasteiger partial charge on any atom is 0.123 e. The molecule has 2 aromatic carbocycles. The van der Waals surface area contributed by atoms with Crippen LogP contribution in [0.4, 0.5) is 4.39 Å². The molecule has 0 radical (unpaired) electrons. The van der Waals surface area contributed by atoms with Crippen molar-refractivity contribution in [2.75, 3.05) is 13.4 Å². The summed E-state index contributed by atoms with van der Waals surface area (Å²) >= 11 is 0. The molecule has 2 aromatic rings. The number of rotatable bonds is 5. The minimum Gasteiger partial charge on any atom is -0.400 e. The average molecular weight is 375 g/mol. The molecular formula is C22H27FO2S. The van der Waals surface area contributed by atoms with Gasteiger partial charge in [0, 0.05) is 29.1 Å². The maximum atomic E-state index is 13.2. The number of hydrogen-bond donors (Lipinski definition) is 1. The van der Waals surface area contributed by atoms with Crippen LogP contribution in [0, 0.1) is 11.2 Å². The molecule has 1 saturated carbocycles. The Labute approximate surface area is 158 Å². The third-order valence-electron chi connectivity index (χ3n) is 4.97. The van der Waals surface area contributed by atoms with Crippen molar-refractivity contribution in [2.24, 2.45) is 5.41 Å². The van der Waals surface area contributed by atoms with E-state index in [4.69, 9.17) is 5.11 Å². The van der Waals surface area contributed by atoms with Gasteiger partial charge in [-0.15, -0.1) is 0 Å². The van der Waals surface area contributed by atoms with E-state index in [2.05, 4.69) is 26.0 Å². The Kier molecular flexibility index (Phi) is 6.90. The van der Waals surface area contributed by atoms with Gasteiger partial charge in [-0.25, -0.2) is 4.39 Å². The molecule has 0 bridgehead atoms. The van der Waals surface area contributed by atoms with Gasteiger partial charge in [-0.2, -0.15) is 0 Å². The highest BCUT2D eigenvalue weighted by Gasteiger charge is 2.38. The molecule has 1 N–H and O–H groups in total. The molecule has 1 aliphatic carbocycles. The molecule has 2 nitrogen and oxygen atoms in total. The van der Waals surface area contributed by atoms with Crippen LogP contribution in [-0.4, -0.2) is 22.7 Å². The Bertz CT molecular complexity index is 788. The minimum absolute atomic E-state index is 0.211. The lowest BCUT2D eigenvalue weighted by molar-refractivity contribution is 0.399. The van der Waals surface area contributed by atoms with E-state index in [1.54, 1.807) is 6.26 Å². The van der Waals surface area contributed by atoms with Crippen molar-refractivity contribution < 1.29 is 13.7 Å². The minimum atomic E-state index is -0.964. The van der Waals surface area contributed by atoms with Crippen LogP contribution in [0.25, 0.3) is 11.1 Å². The predicted molar refractivity (Wildman–Crippen MR) is 108 cm³/mol. The first kappa shape index (κ1) is 20.5. The third kappa shape index (κ3) is 5.12. The summed E-state index contributed by atoms with van der Waals surface area (Å²) in [5.41, 5.74) is 5.09. The van der Waals surface area contributed by atoms with Crippen LogP contribution in [0.15, 0.2) is 53.4 Å². The molecule has 4 heteroatoms. The second-order valence-electron chi connectivity index (χ2n) is 7.08. The van der Waals surface area contributed by atoms with Gasteiger partial charge in [0.25, 0.3) is 0 Å². The molecule has 0 aromatic heterocycles. The molecule has 0 heterocycles. The van der Waals surface area contributed by atoms with Crippen molar-refractivity contribution in [3.05, 3.63) is 65.5 Å². The normalized spacial score (nSPS) is 16.8. The van der Waals surface area contributed by atoms with Crippen LogP contribution in [-0.2, 0) is 10.8 Å². The lowest BCUT2D eigenvalue weighted by atomic mass is 9.88. The van der Waals surface area contributed by atoms with Crippen LogP contribution >= 0.6 is 0 Å². The number of allylic oxidation sites excluding steroid dienone is 2. The first-order chi connectivity index (χ1) is 12.4.